The van der Waals surface area contributed by atoms with Crippen LogP contribution in [0.3, 0.4) is 0 Å². The van der Waals surface area contributed by atoms with Gasteiger partial charge in [0.25, 0.3) is 0 Å². The van der Waals surface area contributed by atoms with E-state index in [4.69, 9.17) is 9.47 Å². The second kappa shape index (κ2) is 7.58. The van der Waals surface area contributed by atoms with Crippen LogP contribution in [0, 0.1) is 0 Å². The van der Waals surface area contributed by atoms with Gasteiger partial charge >= 0.3 is 11.8 Å². The zero-order valence-corrected chi connectivity index (χ0v) is 14.8. The number of fused-ring (bicyclic) bond motifs is 2. The Morgan fingerprint density at radius 2 is 1.75 bits per heavy atom. The van der Waals surface area contributed by atoms with Gasteiger partial charge in [0.1, 0.15) is 0 Å². The lowest BCUT2D eigenvalue weighted by atomic mass is 10.0. The molecule has 3 aromatic rings. The first kappa shape index (κ1) is 17.8. The lowest BCUT2D eigenvalue weighted by Crippen LogP contribution is -2.37. The minimum absolute atomic E-state index is 0.0819. The SMILES string of the molecule is O=C(NCC(O)c1cccc2ccccc12)C(=O)Nc1ccc2c(c1)OCO2. The molecule has 0 saturated heterocycles. The van der Waals surface area contributed by atoms with Crippen LogP contribution in [0.25, 0.3) is 10.8 Å². The van der Waals surface area contributed by atoms with Crippen molar-refractivity contribution in [2.45, 2.75) is 6.10 Å². The Hall–Kier alpha value is -3.58. The van der Waals surface area contributed by atoms with Crippen molar-refractivity contribution in [3.8, 4) is 11.5 Å². The van der Waals surface area contributed by atoms with Gasteiger partial charge in [-0.3, -0.25) is 9.59 Å². The Morgan fingerprint density at radius 1 is 0.964 bits per heavy atom. The largest absolute Gasteiger partial charge is 0.454 e. The van der Waals surface area contributed by atoms with Gasteiger partial charge in [0.05, 0.1) is 6.10 Å². The van der Waals surface area contributed by atoms with Crippen LogP contribution >= 0.6 is 0 Å². The fourth-order valence-corrected chi connectivity index (χ4v) is 3.08. The molecule has 1 heterocycles. The molecular formula is C21H18N2O5. The van der Waals surface area contributed by atoms with Crippen LogP contribution < -0.4 is 20.1 Å². The number of aliphatic hydroxyl groups excluding tert-OH is 1. The summed E-state index contributed by atoms with van der Waals surface area (Å²) in [7, 11) is 0. The first-order valence-electron chi connectivity index (χ1n) is 8.76. The standard InChI is InChI=1S/C21H18N2O5/c24-17(16-7-3-5-13-4-1-2-6-15(13)16)11-22-20(25)21(26)23-14-8-9-18-19(10-14)28-12-27-18/h1-10,17,24H,11-12H2,(H,22,25)(H,23,26). The molecule has 3 N–H and O–H groups in total. The molecule has 0 spiro atoms. The highest BCUT2D eigenvalue weighted by Crippen LogP contribution is 2.34. The van der Waals surface area contributed by atoms with E-state index in [0.717, 1.165) is 10.8 Å². The third kappa shape index (κ3) is 3.60. The zero-order chi connectivity index (χ0) is 19.5. The van der Waals surface area contributed by atoms with Gasteiger partial charge in [0.2, 0.25) is 6.79 Å². The number of benzene rings is 3. The first-order valence-corrected chi connectivity index (χ1v) is 8.76. The van der Waals surface area contributed by atoms with Crippen molar-refractivity contribution >= 4 is 28.3 Å². The highest BCUT2D eigenvalue weighted by molar-refractivity contribution is 6.39. The third-order valence-corrected chi connectivity index (χ3v) is 4.47. The number of carbonyl (C=O) groups excluding carboxylic acids is 2. The molecule has 7 nitrogen and oxygen atoms in total. The van der Waals surface area contributed by atoms with E-state index in [-0.39, 0.29) is 13.3 Å². The number of carbonyl (C=O) groups is 2. The second-order valence-corrected chi connectivity index (χ2v) is 6.32. The predicted molar refractivity (Wildman–Crippen MR) is 103 cm³/mol. The summed E-state index contributed by atoms with van der Waals surface area (Å²) < 4.78 is 10.4. The monoisotopic (exact) mass is 378 g/mol. The number of nitrogens with one attached hydrogen (secondary N) is 2. The molecular weight excluding hydrogens is 360 g/mol. The van der Waals surface area contributed by atoms with E-state index in [2.05, 4.69) is 10.6 Å². The van der Waals surface area contributed by atoms with Crippen LogP contribution in [0.1, 0.15) is 11.7 Å². The van der Waals surface area contributed by atoms with Crippen LogP contribution in [0.2, 0.25) is 0 Å². The number of hydrogen-bond acceptors (Lipinski definition) is 5. The second-order valence-electron chi connectivity index (χ2n) is 6.32. The molecule has 0 bridgehead atoms. The smallest absolute Gasteiger partial charge is 0.313 e. The van der Waals surface area contributed by atoms with E-state index in [0.29, 0.717) is 22.7 Å². The number of anilines is 1. The van der Waals surface area contributed by atoms with Gasteiger partial charge < -0.3 is 25.2 Å². The fraction of sp³-hybridized carbons (Fsp3) is 0.143. The molecule has 142 valence electrons. The van der Waals surface area contributed by atoms with Gasteiger partial charge in [0, 0.05) is 18.3 Å². The average molecular weight is 378 g/mol. The molecule has 0 fully saturated rings. The lowest BCUT2D eigenvalue weighted by Gasteiger charge is -2.14. The van der Waals surface area contributed by atoms with Gasteiger partial charge in [0.15, 0.2) is 11.5 Å². The van der Waals surface area contributed by atoms with E-state index in [1.54, 1.807) is 24.3 Å². The Kier molecular flexibility index (Phi) is 4.82. The Morgan fingerprint density at radius 3 is 2.64 bits per heavy atom. The lowest BCUT2D eigenvalue weighted by molar-refractivity contribution is -0.136. The van der Waals surface area contributed by atoms with Crippen molar-refractivity contribution in [2.24, 2.45) is 0 Å². The van der Waals surface area contributed by atoms with E-state index in [1.165, 1.54) is 0 Å². The van der Waals surface area contributed by atoms with Crippen LogP contribution in [0.4, 0.5) is 5.69 Å². The minimum Gasteiger partial charge on any atom is -0.454 e. The number of amides is 2. The van der Waals surface area contributed by atoms with Crippen LogP contribution in [-0.2, 0) is 9.59 Å². The predicted octanol–water partition coefficient (Wildman–Crippen LogP) is 2.36. The summed E-state index contributed by atoms with van der Waals surface area (Å²) in [5, 5.41) is 17.3. The topological polar surface area (TPSA) is 96.9 Å². The maximum absolute atomic E-state index is 12.1. The van der Waals surface area contributed by atoms with E-state index in [9.17, 15) is 14.7 Å². The Labute approximate surface area is 160 Å². The Bertz CT molecular complexity index is 1040. The number of ether oxygens (including phenoxy) is 2. The fourth-order valence-electron chi connectivity index (χ4n) is 3.08. The molecule has 1 aliphatic rings. The van der Waals surface area contributed by atoms with E-state index >= 15 is 0 Å². The zero-order valence-electron chi connectivity index (χ0n) is 14.8. The summed E-state index contributed by atoms with van der Waals surface area (Å²) in [5.74, 6) is -0.578. The van der Waals surface area contributed by atoms with Crippen LogP contribution in [0.5, 0.6) is 11.5 Å². The minimum atomic E-state index is -0.937. The maximum atomic E-state index is 12.1. The molecule has 7 heteroatoms. The van der Waals surface area contributed by atoms with Crippen LogP contribution in [0.15, 0.2) is 60.7 Å². The van der Waals surface area contributed by atoms with Crippen molar-refractivity contribution in [1.82, 2.24) is 5.32 Å². The molecule has 0 aliphatic carbocycles. The quantitative estimate of drug-likeness (QED) is 0.606. The summed E-state index contributed by atoms with van der Waals surface area (Å²) in [5.41, 5.74) is 1.11. The molecule has 28 heavy (non-hydrogen) atoms. The number of hydrogen-bond donors (Lipinski definition) is 3. The van der Waals surface area contributed by atoms with Crippen molar-refractivity contribution < 1.29 is 24.2 Å². The number of aliphatic hydroxyl groups is 1. The average Bonchev–Trinajstić information content (AvgIpc) is 3.19. The van der Waals surface area contributed by atoms with Gasteiger partial charge in [-0.05, 0) is 28.5 Å². The summed E-state index contributed by atoms with van der Waals surface area (Å²) in [4.78, 5) is 24.2. The van der Waals surface area contributed by atoms with Crippen molar-refractivity contribution in [1.29, 1.82) is 0 Å². The van der Waals surface area contributed by atoms with Gasteiger partial charge in [-0.15, -0.1) is 0 Å². The van der Waals surface area contributed by atoms with Gasteiger partial charge in [-0.2, -0.15) is 0 Å². The molecule has 0 radical (unpaired) electrons. The molecule has 0 saturated carbocycles. The van der Waals surface area contributed by atoms with Crippen LogP contribution in [-0.4, -0.2) is 30.3 Å². The molecule has 1 unspecified atom stereocenters. The summed E-state index contributed by atoms with van der Waals surface area (Å²) in [6.07, 6.45) is -0.937. The maximum Gasteiger partial charge on any atom is 0.313 e. The van der Waals surface area contributed by atoms with E-state index in [1.807, 2.05) is 36.4 Å². The summed E-state index contributed by atoms with van der Waals surface area (Å²) in [6.45, 7) is 0.0423. The Balaban J connectivity index is 1.37. The highest BCUT2D eigenvalue weighted by atomic mass is 16.7. The highest BCUT2D eigenvalue weighted by Gasteiger charge is 2.19. The van der Waals surface area contributed by atoms with Gasteiger partial charge in [-0.1, -0.05) is 42.5 Å². The number of rotatable bonds is 4. The molecule has 1 aliphatic heterocycles. The van der Waals surface area contributed by atoms with E-state index < -0.39 is 17.9 Å². The van der Waals surface area contributed by atoms with Crippen molar-refractivity contribution in [2.75, 3.05) is 18.7 Å². The molecule has 0 aromatic heterocycles. The first-order chi connectivity index (χ1) is 13.6. The normalized spacial score (nSPS) is 13.2. The van der Waals surface area contributed by atoms with Crippen molar-refractivity contribution in [3.05, 3.63) is 66.2 Å². The molecule has 1 atom stereocenters. The molecule has 2 amide bonds. The molecule has 3 aromatic carbocycles. The molecule has 4 rings (SSSR count). The third-order valence-electron chi connectivity index (χ3n) is 4.47. The summed E-state index contributed by atoms with van der Waals surface area (Å²) in [6, 6.07) is 18.1. The van der Waals surface area contributed by atoms with Gasteiger partial charge in [-0.25, -0.2) is 0 Å². The van der Waals surface area contributed by atoms with Crippen molar-refractivity contribution in [3.63, 3.8) is 0 Å². The summed E-state index contributed by atoms with van der Waals surface area (Å²) >= 11 is 0.